The first-order chi connectivity index (χ1) is 13.6. The number of carbonyl (C=O) groups excluding carboxylic acids is 1. The zero-order valence-electron chi connectivity index (χ0n) is 15.6. The van der Waals surface area contributed by atoms with Gasteiger partial charge in [0.25, 0.3) is 5.91 Å². The molecule has 1 amide bonds. The number of hydrogen-bond donors (Lipinski definition) is 2. The monoisotopic (exact) mass is 399 g/mol. The topological polar surface area (TPSA) is 63.2 Å². The average molecular weight is 399 g/mol. The molecule has 2 aromatic carbocycles. The number of rotatable bonds is 6. The van der Waals surface area contributed by atoms with Crippen molar-refractivity contribution in [2.45, 2.75) is 38.3 Å². The van der Waals surface area contributed by atoms with E-state index in [9.17, 15) is 9.18 Å². The van der Waals surface area contributed by atoms with Crippen molar-refractivity contribution in [2.75, 3.05) is 11.9 Å². The second-order valence-electron chi connectivity index (χ2n) is 6.82. The molecule has 1 aliphatic carbocycles. The average Bonchev–Trinajstić information content (AvgIpc) is 3.28. The van der Waals surface area contributed by atoms with Crippen molar-refractivity contribution in [3.05, 3.63) is 53.8 Å². The molecule has 146 valence electrons. The molecule has 0 aliphatic heterocycles. The predicted molar refractivity (Wildman–Crippen MR) is 110 cm³/mol. The van der Waals surface area contributed by atoms with Crippen LogP contribution in [0.15, 0.2) is 42.5 Å². The van der Waals surface area contributed by atoms with Gasteiger partial charge in [0.1, 0.15) is 11.6 Å². The van der Waals surface area contributed by atoms with E-state index < -0.39 is 0 Å². The Hall–Kier alpha value is -2.67. The Labute approximate surface area is 166 Å². The maximum absolute atomic E-state index is 13.4. The van der Waals surface area contributed by atoms with Gasteiger partial charge in [-0.25, -0.2) is 9.37 Å². The number of nitrogens with zero attached hydrogens (tertiary/aromatic N) is 1. The van der Waals surface area contributed by atoms with Crippen LogP contribution in [0.4, 0.5) is 9.52 Å². The first kappa shape index (κ1) is 18.7. The van der Waals surface area contributed by atoms with Crippen LogP contribution in [-0.4, -0.2) is 29.6 Å². The molecule has 28 heavy (non-hydrogen) atoms. The number of nitrogens with one attached hydrogen (secondary N) is 2. The molecule has 1 saturated carbocycles. The number of hydrogen-bond acceptors (Lipinski definition) is 5. The lowest BCUT2D eigenvalue weighted by molar-refractivity contribution is 0.0932. The molecule has 2 atom stereocenters. The van der Waals surface area contributed by atoms with Gasteiger partial charge in [-0.2, -0.15) is 0 Å². The summed E-state index contributed by atoms with van der Waals surface area (Å²) in [6.07, 6.45) is 2.87. The second kappa shape index (κ2) is 8.14. The fraction of sp³-hybridized carbons (Fsp3) is 0.333. The molecule has 7 heteroatoms. The molecule has 4 rings (SSSR count). The molecule has 2 N–H and O–H groups in total. The van der Waals surface area contributed by atoms with Crippen molar-refractivity contribution in [2.24, 2.45) is 0 Å². The van der Waals surface area contributed by atoms with Crippen LogP contribution in [-0.2, 0) is 0 Å². The Morgan fingerprint density at radius 3 is 2.93 bits per heavy atom. The molecule has 1 fully saturated rings. The molecular formula is C21H22FN3O2S. The van der Waals surface area contributed by atoms with Crippen molar-refractivity contribution in [3.8, 4) is 5.75 Å². The van der Waals surface area contributed by atoms with Crippen molar-refractivity contribution in [1.82, 2.24) is 10.3 Å². The zero-order valence-corrected chi connectivity index (χ0v) is 16.4. The van der Waals surface area contributed by atoms with E-state index >= 15 is 0 Å². The van der Waals surface area contributed by atoms with E-state index in [2.05, 4.69) is 15.6 Å². The van der Waals surface area contributed by atoms with Crippen molar-refractivity contribution in [1.29, 1.82) is 0 Å². The van der Waals surface area contributed by atoms with Gasteiger partial charge in [-0.15, -0.1) is 0 Å². The summed E-state index contributed by atoms with van der Waals surface area (Å²) in [5.41, 5.74) is 1.32. The van der Waals surface area contributed by atoms with Gasteiger partial charge in [-0.05, 0) is 56.5 Å². The van der Waals surface area contributed by atoms with Crippen LogP contribution in [0.5, 0.6) is 5.75 Å². The summed E-state index contributed by atoms with van der Waals surface area (Å²) in [7, 11) is 0. The fourth-order valence-electron chi connectivity index (χ4n) is 3.61. The van der Waals surface area contributed by atoms with Gasteiger partial charge < -0.3 is 15.4 Å². The van der Waals surface area contributed by atoms with Gasteiger partial charge in [0.05, 0.1) is 22.4 Å². The Bertz CT molecular complexity index is 991. The lowest BCUT2D eigenvalue weighted by atomic mass is 10.1. The molecule has 1 heterocycles. The third-order valence-electron chi connectivity index (χ3n) is 4.92. The number of aromatic nitrogens is 1. The van der Waals surface area contributed by atoms with Crippen molar-refractivity contribution < 1.29 is 13.9 Å². The number of ether oxygens (including phenoxy) is 1. The highest BCUT2D eigenvalue weighted by Gasteiger charge is 2.30. The molecule has 1 aromatic heterocycles. The Balaban J connectivity index is 1.46. The van der Waals surface area contributed by atoms with Gasteiger partial charge in [-0.1, -0.05) is 23.5 Å². The van der Waals surface area contributed by atoms with Crippen LogP contribution in [0.25, 0.3) is 10.2 Å². The molecule has 3 aromatic rings. The third-order valence-corrected chi connectivity index (χ3v) is 5.87. The molecule has 0 spiro atoms. The fourth-order valence-corrected chi connectivity index (χ4v) is 4.56. The van der Waals surface area contributed by atoms with E-state index in [1.54, 1.807) is 12.1 Å². The van der Waals surface area contributed by atoms with Gasteiger partial charge >= 0.3 is 0 Å². The minimum atomic E-state index is -0.262. The number of thiazole rings is 1. The zero-order chi connectivity index (χ0) is 19.5. The molecule has 1 aliphatic rings. The third kappa shape index (κ3) is 3.94. The standard InChI is InChI=1S/C21H22FN3O2S/c1-2-27-18-9-4-3-6-14(18)20(26)23-15-7-5-8-16(15)24-21-25-17-11-10-13(22)12-19(17)28-21/h3-4,6,9-12,15-16H,2,5,7-8H2,1H3,(H,23,26)(H,24,25). The first-order valence-corrected chi connectivity index (χ1v) is 10.3. The van der Waals surface area contributed by atoms with E-state index in [1.807, 2.05) is 25.1 Å². The normalized spacial score (nSPS) is 18.9. The highest BCUT2D eigenvalue weighted by atomic mass is 32.1. The maximum atomic E-state index is 13.4. The highest BCUT2D eigenvalue weighted by Crippen LogP contribution is 2.30. The van der Waals surface area contributed by atoms with Crippen LogP contribution >= 0.6 is 11.3 Å². The molecule has 0 radical (unpaired) electrons. The number of carbonyl (C=O) groups is 1. The molecule has 0 bridgehead atoms. The SMILES string of the molecule is CCOc1ccccc1C(=O)NC1CCCC1Nc1nc2ccc(F)cc2s1. The lowest BCUT2D eigenvalue weighted by Gasteiger charge is -2.22. The number of benzene rings is 2. The number of halogens is 1. The number of fused-ring (bicyclic) bond motifs is 1. The minimum absolute atomic E-state index is 0.00549. The van der Waals surface area contributed by atoms with E-state index in [0.717, 1.165) is 34.6 Å². The van der Waals surface area contributed by atoms with E-state index in [1.165, 1.54) is 23.5 Å². The second-order valence-corrected chi connectivity index (χ2v) is 7.85. The van der Waals surface area contributed by atoms with Gasteiger partial charge in [0.15, 0.2) is 5.13 Å². The molecular weight excluding hydrogens is 377 g/mol. The van der Waals surface area contributed by atoms with E-state index in [-0.39, 0.29) is 23.8 Å². The Kier molecular flexibility index (Phi) is 5.43. The van der Waals surface area contributed by atoms with Gasteiger partial charge in [-0.3, -0.25) is 4.79 Å². The van der Waals surface area contributed by atoms with Crippen LogP contribution in [0.3, 0.4) is 0 Å². The summed E-state index contributed by atoms with van der Waals surface area (Å²) in [6.45, 7) is 2.41. The molecule has 2 unspecified atom stereocenters. The summed E-state index contributed by atoms with van der Waals surface area (Å²) in [6, 6.07) is 12.0. The Morgan fingerprint density at radius 1 is 1.25 bits per heavy atom. The van der Waals surface area contributed by atoms with E-state index in [0.29, 0.717) is 17.9 Å². The highest BCUT2D eigenvalue weighted by molar-refractivity contribution is 7.22. The van der Waals surface area contributed by atoms with E-state index in [4.69, 9.17) is 4.74 Å². The van der Waals surface area contributed by atoms with Crippen LogP contribution < -0.4 is 15.4 Å². The predicted octanol–water partition coefficient (Wildman–Crippen LogP) is 4.60. The van der Waals surface area contributed by atoms with Crippen molar-refractivity contribution in [3.63, 3.8) is 0 Å². The largest absolute Gasteiger partial charge is 0.493 e. The van der Waals surface area contributed by atoms with Crippen molar-refractivity contribution >= 4 is 32.6 Å². The number of para-hydroxylation sites is 1. The van der Waals surface area contributed by atoms with Crippen LogP contribution in [0, 0.1) is 5.82 Å². The Morgan fingerprint density at radius 2 is 2.07 bits per heavy atom. The van der Waals surface area contributed by atoms with Gasteiger partial charge in [0, 0.05) is 12.1 Å². The number of amides is 1. The maximum Gasteiger partial charge on any atom is 0.255 e. The number of anilines is 1. The summed E-state index contributed by atoms with van der Waals surface area (Å²) in [4.78, 5) is 17.3. The summed E-state index contributed by atoms with van der Waals surface area (Å²) in [5, 5.41) is 7.33. The smallest absolute Gasteiger partial charge is 0.255 e. The van der Waals surface area contributed by atoms with Gasteiger partial charge in [0.2, 0.25) is 0 Å². The molecule has 5 nitrogen and oxygen atoms in total. The quantitative estimate of drug-likeness (QED) is 0.636. The van der Waals surface area contributed by atoms with Crippen LogP contribution in [0.2, 0.25) is 0 Å². The summed E-state index contributed by atoms with van der Waals surface area (Å²) >= 11 is 1.43. The minimum Gasteiger partial charge on any atom is -0.493 e. The summed E-state index contributed by atoms with van der Waals surface area (Å²) in [5.74, 6) is 0.203. The summed E-state index contributed by atoms with van der Waals surface area (Å²) < 4.78 is 19.8. The molecule has 0 saturated heterocycles. The lowest BCUT2D eigenvalue weighted by Crippen LogP contribution is -2.43. The van der Waals surface area contributed by atoms with Crippen LogP contribution in [0.1, 0.15) is 36.5 Å². The first-order valence-electron chi connectivity index (χ1n) is 9.49.